The van der Waals surface area contributed by atoms with Gasteiger partial charge in [0.2, 0.25) is 11.8 Å². The fraction of sp³-hybridized carbons (Fsp3) is 0.541. The van der Waals surface area contributed by atoms with Gasteiger partial charge >= 0.3 is 6.03 Å². The van der Waals surface area contributed by atoms with Crippen LogP contribution in [0.4, 0.5) is 10.5 Å². The van der Waals surface area contributed by atoms with E-state index >= 15 is 0 Å². The van der Waals surface area contributed by atoms with Crippen molar-refractivity contribution in [3.8, 4) is 11.5 Å². The molecule has 0 aromatic heterocycles. The van der Waals surface area contributed by atoms with E-state index in [-0.39, 0.29) is 36.0 Å². The number of urea groups is 1. The van der Waals surface area contributed by atoms with E-state index in [9.17, 15) is 14.4 Å². The molecule has 0 bridgehead atoms. The van der Waals surface area contributed by atoms with Crippen molar-refractivity contribution in [1.82, 2.24) is 32.1 Å². The second-order valence-electron chi connectivity index (χ2n) is 13.3. The van der Waals surface area contributed by atoms with Crippen LogP contribution >= 0.6 is 23.5 Å². The summed E-state index contributed by atoms with van der Waals surface area (Å²) >= 11 is 3.40. The molecule has 4 unspecified atom stereocenters. The van der Waals surface area contributed by atoms with Crippen LogP contribution in [0.15, 0.2) is 52.7 Å². The molecule has 2 saturated heterocycles. The standard InChI is InChI=1S/C37H51N7O7S2/c1-48-29-18-23-17-27-34(26(23)20-30(29)49-2)43-44-36(27)40-24-7-6-8-25(19-24)52-22-33(46)39-12-14-51-16-15-50-13-11-38-32(45)10-5-3-4-9-31-35-28(21-53-31)41-37(47)42-35/h6-8,18-20,28,31,34-35,40,43-44H,3-5,9-17,21-22H2,1-2H3,(H,38,45)(H,39,46)(H2,41,42,47). The highest BCUT2D eigenvalue weighted by Gasteiger charge is 2.42. The number of amides is 4. The zero-order valence-corrected chi connectivity index (χ0v) is 32.0. The molecule has 4 atom stereocenters. The fourth-order valence-corrected chi connectivity index (χ4v) is 9.31. The molecule has 4 aliphatic rings. The number of benzene rings is 2. The SMILES string of the molecule is COc1cc2c(cc1OC)C1NNC(Nc3cccc(SCC(=O)NCCOCCOCCNC(=O)CCCCCC4SCC5NC(=O)NC54)c3)=C1C2. The van der Waals surface area contributed by atoms with Gasteiger partial charge < -0.3 is 51.0 Å². The Hall–Kier alpha value is -3.83. The number of nitrogens with one attached hydrogen (secondary N) is 7. The van der Waals surface area contributed by atoms with Gasteiger partial charge in [-0.1, -0.05) is 18.9 Å². The summed E-state index contributed by atoms with van der Waals surface area (Å²) in [4.78, 5) is 37.0. The number of carbonyl (C=O) groups excluding carboxylic acids is 3. The molecular weight excluding hydrogens is 719 g/mol. The summed E-state index contributed by atoms with van der Waals surface area (Å²) in [5.41, 5.74) is 11.2. The van der Waals surface area contributed by atoms with Crippen molar-refractivity contribution in [3.05, 3.63) is 58.9 Å². The number of unbranched alkanes of at least 4 members (excludes halogenated alkanes) is 2. The topological polar surface area (TPSA) is 172 Å². The van der Waals surface area contributed by atoms with E-state index in [4.69, 9.17) is 18.9 Å². The van der Waals surface area contributed by atoms with Crippen LogP contribution in [0.3, 0.4) is 0 Å². The molecule has 2 aromatic rings. The van der Waals surface area contributed by atoms with Crippen molar-refractivity contribution in [2.75, 3.05) is 70.6 Å². The average Bonchev–Trinajstić information content (AvgIpc) is 3.92. The second-order valence-corrected chi connectivity index (χ2v) is 15.6. The first-order valence-electron chi connectivity index (χ1n) is 18.3. The normalized spacial score (nSPS) is 20.9. The Balaban J connectivity index is 0.762. The van der Waals surface area contributed by atoms with Gasteiger partial charge in [-0.25, -0.2) is 10.2 Å². The lowest BCUT2D eigenvalue weighted by molar-refractivity contribution is -0.121. The fourth-order valence-electron chi connectivity index (χ4n) is 6.98. The smallest absolute Gasteiger partial charge is 0.315 e. The van der Waals surface area contributed by atoms with Crippen LogP contribution in [0.25, 0.3) is 0 Å². The molecule has 2 aromatic carbocycles. The lowest BCUT2D eigenvalue weighted by Crippen LogP contribution is -2.36. The number of ether oxygens (including phenoxy) is 4. The first-order valence-corrected chi connectivity index (χ1v) is 20.3. The van der Waals surface area contributed by atoms with Crippen LogP contribution in [0.1, 0.15) is 49.3 Å². The van der Waals surface area contributed by atoms with Crippen LogP contribution in [0, 0.1) is 0 Å². The number of anilines is 1. The Morgan fingerprint density at radius 2 is 1.70 bits per heavy atom. The van der Waals surface area contributed by atoms with Crippen molar-refractivity contribution >= 4 is 47.1 Å². The van der Waals surface area contributed by atoms with Crippen molar-refractivity contribution in [2.24, 2.45) is 0 Å². The van der Waals surface area contributed by atoms with Crippen molar-refractivity contribution in [2.45, 2.75) is 66.8 Å². The summed E-state index contributed by atoms with van der Waals surface area (Å²) in [5, 5.41) is 15.8. The molecule has 0 spiro atoms. The molecule has 1 aliphatic carbocycles. The van der Waals surface area contributed by atoms with Gasteiger partial charge in [-0.2, -0.15) is 11.8 Å². The summed E-state index contributed by atoms with van der Waals surface area (Å²) in [7, 11) is 3.29. The second kappa shape index (κ2) is 19.5. The van der Waals surface area contributed by atoms with Crippen molar-refractivity contribution < 1.29 is 33.3 Å². The van der Waals surface area contributed by atoms with E-state index in [1.165, 1.54) is 28.5 Å². The van der Waals surface area contributed by atoms with Crippen LogP contribution in [-0.4, -0.2) is 100 Å². The maximum Gasteiger partial charge on any atom is 0.315 e. The van der Waals surface area contributed by atoms with Crippen LogP contribution in [-0.2, 0) is 25.5 Å². The number of thioether (sulfide) groups is 2. The molecule has 14 nitrogen and oxygen atoms in total. The van der Waals surface area contributed by atoms with Gasteiger partial charge in [0, 0.05) is 41.1 Å². The zero-order valence-electron chi connectivity index (χ0n) is 30.3. The number of rotatable bonds is 22. The predicted octanol–water partition coefficient (Wildman–Crippen LogP) is 3.21. The molecule has 53 heavy (non-hydrogen) atoms. The first-order chi connectivity index (χ1) is 25.9. The molecule has 3 heterocycles. The van der Waals surface area contributed by atoms with Gasteiger partial charge in [-0.3, -0.25) is 9.59 Å². The van der Waals surface area contributed by atoms with Crippen molar-refractivity contribution in [1.29, 1.82) is 0 Å². The minimum atomic E-state index is -0.0597. The number of hydrogen-bond donors (Lipinski definition) is 7. The van der Waals surface area contributed by atoms with Crippen LogP contribution in [0.5, 0.6) is 11.5 Å². The summed E-state index contributed by atoms with van der Waals surface area (Å²) < 4.78 is 22.1. The van der Waals surface area contributed by atoms with E-state index in [1.54, 1.807) is 14.2 Å². The van der Waals surface area contributed by atoms with Gasteiger partial charge in [-0.05, 0) is 66.3 Å². The van der Waals surface area contributed by atoms with Crippen LogP contribution < -0.4 is 46.9 Å². The predicted molar refractivity (Wildman–Crippen MR) is 206 cm³/mol. The van der Waals surface area contributed by atoms with Gasteiger partial charge in [0.05, 0.1) is 64.5 Å². The summed E-state index contributed by atoms with van der Waals surface area (Å²) in [5.74, 6) is 3.61. The molecule has 6 rings (SSSR count). The third-order valence-electron chi connectivity index (χ3n) is 9.66. The van der Waals surface area contributed by atoms with Gasteiger partial charge in [-0.15, -0.1) is 11.8 Å². The Labute approximate surface area is 319 Å². The number of methoxy groups -OCH3 is 2. The molecule has 288 valence electrons. The van der Waals surface area contributed by atoms with E-state index < -0.39 is 0 Å². The minimum absolute atomic E-state index is 0.0419. The molecule has 0 saturated carbocycles. The molecular formula is C37H51N7O7S2. The summed E-state index contributed by atoms with van der Waals surface area (Å²) in [6, 6.07) is 12.6. The quantitative estimate of drug-likeness (QED) is 0.0531. The molecule has 4 amide bonds. The molecule has 3 aliphatic heterocycles. The van der Waals surface area contributed by atoms with Gasteiger partial charge in [0.1, 0.15) is 5.82 Å². The van der Waals surface area contributed by atoms with E-state index in [2.05, 4.69) is 37.4 Å². The van der Waals surface area contributed by atoms with E-state index in [0.29, 0.717) is 62.7 Å². The number of carbonyl (C=O) groups is 3. The minimum Gasteiger partial charge on any atom is -0.493 e. The maximum absolute atomic E-state index is 12.4. The molecule has 2 fully saturated rings. The highest BCUT2D eigenvalue weighted by molar-refractivity contribution is 8.00. The third-order valence-corrected chi connectivity index (χ3v) is 12.2. The van der Waals surface area contributed by atoms with E-state index in [0.717, 1.165) is 60.0 Å². The average molecular weight is 770 g/mol. The number of hydrazine groups is 1. The lowest BCUT2D eigenvalue weighted by atomic mass is 10.0. The highest BCUT2D eigenvalue weighted by Crippen LogP contribution is 2.44. The summed E-state index contributed by atoms with van der Waals surface area (Å²) in [6.07, 6.45) is 5.29. The Bertz CT molecular complexity index is 1630. The molecule has 7 N–H and O–H groups in total. The Morgan fingerprint density at radius 1 is 0.925 bits per heavy atom. The third kappa shape index (κ3) is 10.7. The maximum atomic E-state index is 12.4. The highest BCUT2D eigenvalue weighted by atomic mass is 32.2. The monoisotopic (exact) mass is 769 g/mol. The van der Waals surface area contributed by atoms with Crippen molar-refractivity contribution in [3.63, 3.8) is 0 Å². The Kier molecular flexibility index (Phi) is 14.3. The first kappa shape index (κ1) is 38.9. The van der Waals surface area contributed by atoms with E-state index in [1.807, 2.05) is 48.2 Å². The largest absolute Gasteiger partial charge is 0.493 e. The number of fused-ring (bicyclic) bond motifs is 4. The molecule has 0 radical (unpaired) electrons. The molecule has 16 heteroatoms. The van der Waals surface area contributed by atoms with Crippen LogP contribution in [0.2, 0.25) is 0 Å². The Morgan fingerprint density at radius 3 is 2.49 bits per heavy atom. The summed E-state index contributed by atoms with van der Waals surface area (Å²) in [6.45, 7) is 2.54. The lowest BCUT2D eigenvalue weighted by Gasteiger charge is -2.16. The van der Waals surface area contributed by atoms with Gasteiger partial charge in [0.25, 0.3) is 0 Å². The van der Waals surface area contributed by atoms with Gasteiger partial charge in [0.15, 0.2) is 11.5 Å². The zero-order chi connectivity index (χ0) is 37.0. The number of hydrogen-bond acceptors (Lipinski definition) is 12.